The van der Waals surface area contributed by atoms with E-state index in [9.17, 15) is 13.2 Å². The maximum absolute atomic E-state index is 12.9. The fourth-order valence-electron chi connectivity index (χ4n) is 6.06. The zero-order valence-electron chi connectivity index (χ0n) is 16.2. The van der Waals surface area contributed by atoms with Crippen LogP contribution in [-0.2, 0) is 14.8 Å². The Kier molecular flexibility index (Phi) is 5.13. The van der Waals surface area contributed by atoms with E-state index < -0.39 is 10.0 Å². The zero-order chi connectivity index (χ0) is 20.3. The number of anilines is 1. The van der Waals surface area contributed by atoms with Gasteiger partial charge >= 0.3 is 0 Å². The molecule has 154 valence electrons. The molecule has 2 unspecified atom stereocenters. The standard InChI is InChI=1S/C20H26BrClN2O3S/c1-24(2)28(26,27)17-6-15(3-4-16(17)22)23-18(25)11-19-7-13-5-14(8-19)10-20(21,9-13)12-19/h3-4,6,13-14H,5,7-12H2,1-2H3,(H,23,25). The highest BCUT2D eigenvalue weighted by Gasteiger charge is 2.57. The Morgan fingerprint density at radius 2 is 1.89 bits per heavy atom. The van der Waals surface area contributed by atoms with Gasteiger partial charge in [0.2, 0.25) is 15.9 Å². The number of nitrogens with zero attached hydrogens (tertiary/aromatic N) is 1. The van der Waals surface area contributed by atoms with Crippen LogP contribution in [0.5, 0.6) is 0 Å². The van der Waals surface area contributed by atoms with Gasteiger partial charge in [-0.3, -0.25) is 4.79 Å². The third-order valence-corrected chi connectivity index (χ3v) is 9.84. The van der Waals surface area contributed by atoms with Crippen molar-refractivity contribution in [1.29, 1.82) is 0 Å². The fraction of sp³-hybridized carbons (Fsp3) is 0.650. The van der Waals surface area contributed by atoms with Crippen molar-refractivity contribution in [3.63, 3.8) is 0 Å². The predicted molar refractivity (Wildman–Crippen MR) is 114 cm³/mol. The monoisotopic (exact) mass is 488 g/mol. The largest absolute Gasteiger partial charge is 0.326 e. The van der Waals surface area contributed by atoms with Gasteiger partial charge in [0, 0.05) is 30.5 Å². The average Bonchev–Trinajstić information content (AvgIpc) is 2.53. The number of carbonyl (C=O) groups is 1. The molecule has 1 aromatic carbocycles. The molecule has 0 aliphatic heterocycles. The molecule has 0 radical (unpaired) electrons. The van der Waals surface area contributed by atoms with Gasteiger partial charge < -0.3 is 5.32 Å². The number of hydrogen-bond acceptors (Lipinski definition) is 3. The number of amides is 1. The van der Waals surface area contributed by atoms with Gasteiger partial charge in [-0.05, 0) is 74.0 Å². The first-order valence-corrected chi connectivity index (χ1v) is 12.3. The SMILES string of the molecule is CN(C)S(=O)(=O)c1cc(NC(=O)CC23CC4CC(CC(Br)(C4)C2)C3)ccc1Cl. The molecule has 4 fully saturated rings. The third-order valence-electron chi connectivity index (χ3n) is 6.62. The lowest BCUT2D eigenvalue weighted by Gasteiger charge is -2.60. The van der Waals surface area contributed by atoms with Crippen molar-refractivity contribution in [1.82, 2.24) is 4.31 Å². The van der Waals surface area contributed by atoms with E-state index in [4.69, 9.17) is 11.6 Å². The molecule has 4 bridgehead atoms. The van der Waals surface area contributed by atoms with Gasteiger partial charge in [-0.15, -0.1) is 0 Å². The lowest BCUT2D eigenvalue weighted by atomic mass is 9.48. The summed E-state index contributed by atoms with van der Waals surface area (Å²) in [7, 11) is -0.757. The second-order valence-corrected chi connectivity index (χ2v) is 13.5. The molecular weight excluding hydrogens is 464 g/mol. The Morgan fingerprint density at radius 1 is 1.25 bits per heavy atom. The summed E-state index contributed by atoms with van der Waals surface area (Å²) in [5, 5.41) is 3.06. The Morgan fingerprint density at radius 3 is 2.46 bits per heavy atom. The van der Waals surface area contributed by atoms with Crippen LogP contribution in [0.1, 0.15) is 44.9 Å². The zero-order valence-corrected chi connectivity index (χ0v) is 19.3. The lowest BCUT2D eigenvalue weighted by molar-refractivity contribution is -0.123. The molecule has 2 atom stereocenters. The van der Waals surface area contributed by atoms with Crippen LogP contribution < -0.4 is 5.32 Å². The van der Waals surface area contributed by atoms with E-state index in [1.807, 2.05) is 0 Å². The Bertz CT molecular complexity index is 904. The molecular formula is C20H26BrClN2O3S. The third kappa shape index (κ3) is 3.75. The van der Waals surface area contributed by atoms with Crippen LogP contribution in [0.15, 0.2) is 23.1 Å². The van der Waals surface area contributed by atoms with E-state index in [1.165, 1.54) is 45.5 Å². The summed E-state index contributed by atoms with van der Waals surface area (Å²) in [5.74, 6) is 1.40. The van der Waals surface area contributed by atoms with Crippen LogP contribution in [-0.4, -0.2) is 37.0 Å². The summed E-state index contributed by atoms with van der Waals surface area (Å²) in [6, 6.07) is 4.62. The first-order valence-electron chi connectivity index (χ1n) is 9.71. The van der Waals surface area contributed by atoms with Gasteiger partial charge in [0.05, 0.1) is 5.02 Å². The van der Waals surface area contributed by atoms with E-state index in [2.05, 4.69) is 21.2 Å². The number of carbonyl (C=O) groups excluding carboxylic acids is 1. The van der Waals surface area contributed by atoms with E-state index >= 15 is 0 Å². The number of sulfonamides is 1. The van der Waals surface area contributed by atoms with Gasteiger partial charge in [-0.25, -0.2) is 12.7 Å². The highest BCUT2D eigenvalue weighted by atomic mass is 79.9. The van der Waals surface area contributed by atoms with E-state index in [-0.39, 0.29) is 25.6 Å². The van der Waals surface area contributed by atoms with E-state index in [1.54, 1.807) is 6.07 Å². The smallest absolute Gasteiger partial charge is 0.244 e. The quantitative estimate of drug-likeness (QED) is 0.612. The number of nitrogens with one attached hydrogen (secondary N) is 1. The highest BCUT2D eigenvalue weighted by Crippen LogP contribution is 2.65. The summed E-state index contributed by atoms with van der Waals surface area (Å²) < 4.78 is 26.2. The van der Waals surface area contributed by atoms with Crippen molar-refractivity contribution < 1.29 is 13.2 Å². The maximum atomic E-state index is 12.9. The predicted octanol–water partition coefficient (Wildman–Crippen LogP) is 4.65. The summed E-state index contributed by atoms with van der Waals surface area (Å²) in [5.41, 5.74) is 0.538. The summed E-state index contributed by atoms with van der Waals surface area (Å²) in [6.45, 7) is 0. The van der Waals surface area contributed by atoms with Crippen molar-refractivity contribution >= 4 is 49.1 Å². The molecule has 5 rings (SSSR count). The number of hydrogen-bond donors (Lipinski definition) is 1. The van der Waals surface area contributed by atoms with Crippen LogP contribution in [0.2, 0.25) is 5.02 Å². The average molecular weight is 490 g/mol. The van der Waals surface area contributed by atoms with Crippen LogP contribution in [0, 0.1) is 17.3 Å². The summed E-state index contributed by atoms with van der Waals surface area (Å²) in [6.07, 6.45) is 7.58. The summed E-state index contributed by atoms with van der Waals surface area (Å²) >= 11 is 10.1. The molecule has 4 saturated carbocycles. The lowest BCUT2D eigenvalue weighted by Crippen LogP contribution is -2.53. The van der Waals surface area contributed by atoms with Crippen molar-refractivity contribution in [2.45, 2.75) is 54.2 Å². The number of alkyl halides is 1. The molecule has 0 heterocycles. The molecule has 1 amide bonds. The highest BCUT2D eigenvalue weighted by molar-refractivity contribution is 9.10. The minimum absolute atomic E-state index is 0.00572. The molecule has 0 aromatic heterocycles. The van der Waals surface area contributed by atoms with Gasteiger partial charge in [0.1, 0.15) is 4.90 Å². The number of benzene rings is 1. The summed E-state index contributed by atoms with van der Waals surface area (Å²) in [4.78, 5) is 12.9. The van der Waals surface area contributed by atoms with Gasteiger partial charge in [0.25, 0.3) is 0 Å². The molecule has 1 N–H and O–H groups in total. The molecule has 0 saturated heterocycles. The normalized spacial score (nSPS) is 34.0. The van der Waals surface area contributed by atoms with E-state index in [0.717, 1.165) is 35.4 Å². The van der Waals surface area contributed by atoms with Crippen molar-refractivity contribution in [2.75, 3.05) is 19.4 Å². The van der Waals surface area contributed by atoms with Gasteiger partial charge in [-0.1, -0.05) is 27.5 Å². The van der Waals surface area contributed by atoms with Crippen LogP contribution in [0.25, 0.3) is 0 Å². The topological polar surface area (TPSA) is 66.5 Å². The molecule has 1 aromatic rings. The molecule has 28 heavy (non-hydrogen) atoms. The van der Waals surface area contributed by atoms with E-state index in [0.29, 0.717) is 12.1 Å². The van der Waals surface area contributed by atoms with Gasteiger partial charge in [0.15, 0.2) is 0 Å². The Hall–Kier alpha value is -0.630. The number of rotatable bonds is 5. The molecule has 5 nitrogen and oxygen atoms in total. The first-order chi connectivity index (χ1) is 13.0. The minimum Gasteiger partial charge on any atom is -0.326 e. The molecule has 4 aliphatic rings. The van der Waals surface area contributed by atoms with Crippen molar-refractivity contribution in [2.24, 2.45) is 17.3 Å². The molecule has 8 heteroatoms. The Labute approximate surface area is 180 Å². The van der Waals surface area contributed by atoms with Gasteiger partial charge in [-0.2, -0.15) is 0 Å². The first kappa shape index (κ1) is 20.6. The molecule has 0 spiro atoms. The van der Waals surface area contributed by atoms with Crippen LogP contribution in [0.3, 0.4) is 0 Å². The number of halogens is 2. The Balaban J connectivity index is 1.51. The fourth-order valence-corrected chi connectivity index (χ4v) is 8.97. The van der Waals surface area contributed by atoms with Crippen LogP contribution >= 0.6 is 27.5 Å². The minimum atomic E-state index is -3.67. The maximum Gasteiger partial charge on any atom is 0.244 e. The second kappa shape index (κ2) is 6.96. The van der Waals surface area contributed by atoms with Crippen LogP contribution in [0.4, 0.5) is 5.69 Å². The second-order valence-electron chi connectivity index (χ2n) is 9.27. The van der Waals surface area contributed by atoms with Crippen molar-refractivity contribution in [3.05, 3.63) is 23.2 Å². The van der Waals surface area contributed by atoms with Crippen molar-refractivity contribution in [3.8, 4) is 0 Å². The molecule has 4 aliphatic carbocycles.